The lowest BCUT2D eigenvalue weighted by molar-refractivity contribution is -0.125. The Morgan fingerprint density at radius 3 is 2.50 bits per heavy atom. The van der Waals surface area contributed by atoms with Gasteiger partial charge in [-0.25, -0.2) is 0 Å². The molecule has 0 aromatic heterocycles. The second kappa shape index (κ2) is 4.36. The first-order valence-corrected chi connectivity index (χ1v) is 6.81. The molecule has 3 fully saturated rings. The maximum atomic E-state index is 11.9. The summed E-state index contributed by atoms with van der Waals surface area (Å²) < 4.78 is 0. The van der Waals surface area contributed by atoms with Crippen LogP contribution in [0.25, 0.3) is 0 Å². The van der Waals surface area contributed by atoms with Crippen molar-refractivity contribution in [2.24, 2.45) is 23.7 Å². The van der Waals surface area contributed by atoms with Crippen LogP contribution in [0.1, 0.15) is 32.1 Å². The minimum Gasteiger partial charge on any atom is -0.356 e. The Balaban J connectivity index is 1.39. The molecule has 1 heterocycles. The summed E-state index contributed by atoms with van der Waals surface area (Å²) in [6, 6.07) is 0. The number of rotatable bonds is 3. The van der Waals surface area contributed by atoms with Gasteiger partial charge in [-0.1, -0.05) is 0 Å². The summed E-state index contributed by atoms with van der Waals surface area (Å²) in [4.78, 5) is 11.9. The molecule has 0 radical (unpaired) electrons. The molecule has 2 N–H and O–H groups in total. The summed E-state index contributed by atoms with van der Waals surface area (Å²) in [6.07, 6.45) is 6.18. The Hall–Kier alpha value is -0.570. The van der Waals surface area contributed by atoms with Crippen LogP contribution in [0.2, 0.25) is 0 Å². The van der Waals surface area contributed by atoms with Gasteiger partial charge in [0.2, 0.25) is 5.91 Å². The highest BCUT2D eigenvalue weighted by molar-refractivity contribution is 5.79. The molecule has 3 aliphatic rings. The van der Waals surface area contributed by atoms with Gasteiger partial charge in [-0.05, 0) is 62.9 Å². The van der Waals surface area contributed by atoms with Gasteiger partial charge in [-0.15, -0.1) is 0 Å². The third-order valence-corrected chi connectivity index (χ3v) is 4.64. The standard InChI is InChI=1S/C13H22N2O/c16-13(12-6-10-5-11(10)7-12)15-8-9-1-3-14-4-2-9/h9-12,14H,1-8H2,(H,15,16). The van der Waals surface area contributed by atoms with E-state index in [1.807, 2.05) is 0 Å². The molecule has 16 heavy (non-hydrogen) atoms. The Labute approximate surface area is 97.4 Å². The van der Waals surface area contributed by atoms with E-state index in [-0.39, 0.29) is 0 Å². The van der Waals surface area contributed by atoms with Crippen molar-refractivity contribution >= 4 is 5.91 Å². The minimum atomic E-state index is 0.339. The fourth-order valence-corrected chi connectivity index (χ4v) is 3.40. The molecule has 2 saturated carbocycles. The van der Waals surface area contributed by atoms with E-state index in [2.05, 4.69) is 10.6 Å². The zero-order valence-corrected chi connectivity index (χ0v) is 9.87. The van der Waals surface area contributed by atoms with Crippen molar-refractivity contribution in [2.45, 2.75) is 32.1 Å². The van der Waals surface area contributed by atoms with E-state index in [0.717, 1.165) is 31.5 Å². The molecular formula is C13H22N2O. The highest BCUT2D eigenvalue weighted by Gasteiger charge is 2.47. The molecule has 2 aliphatic carbocycles. The zero-order chi connectivity index (χ0) is 11.0. The number of hydrogen-bond donors (Lipinski definition) is 2. The second-order valence-electron chi connectivity index (χ2n) is 5.86. The first-order valence-electron chi connectivity index (χ1n) is 6.81. The lowest BCUT2D eigenvalue weighted by Gasteiger charge is -2.23. The fraction of sp³-hybridized carbons (Fsp3) is 0.923. The fourth-order valence-electron chi connectivity index (χ4n) is 3.40. The maximum Gasteiger partial charge on any atom is 0.223 e. The van der Waals surface area contributed by atoms with Crippen LogP contribution in [0.5, 0.6) is 0 Å². The quantitative estimate of drug-likeness (QED) is 0.752. The van der Waals surface area contributed by atoms with Gasteiger partial charge in [0.05, 0.1) is 0 Å². The highest BCUT2D eigenvalue weighted by Crippen LogP contribution is 2.54. The van der Waals surface area contributed by atoms with E-state index < -0.39 is 0 Å². The van der Waals surface area contributed by atoms with Crippen LogP contribution in [0.4, 0.5) is 0 Å². The molecule has 1 saturated heterocycles. The van der Waals surface area contributed by atoms with Gasteiger partial charge in [0, 0.05) is 12.5 Å². The SMILES string of the molecule is O=C(NCC1CCNCC1)C1CC2CC2C1. The van der Waals surface area contributed by atoms with Gasteiger partial charge in [-0.3, -0.25) is 4.79 Å². The lowest BCUT2D eigenvalue weighted by Crippen LogP contribution is -2.38. The molecule has 0 aromatic rings. The van der Waals surface area contributed by atoms with E-state index >= 15 is 0 Å². The Kier molecular flexibility index (Phi) is 2.88. The Morgan fingerprint density at radius 1 is 1.12 bits per heavy atom. The van der Waals surface area contributed by atoms with Crippen LogP contribution in [-0.4, -0.2) is 25.5 Å². The largest absolute Gasteiger partial charge is 0.356 e. The van der Waals surface area contributed by atoms with Crippen molar-refractivity contribution in [3.8, 4) is 0 Å². The van der Waals surface area contributed by atoms with Crippen LogP contribution >= 0.6 is 0 Å². The van der Waals surface area contributed by atoms with E-state index in [1.54, 1.807) is 0 Å². The molecule has 2 atom stereocenters. The van der Waals surface area contributed by atoms with Crippen molar-refractivity contribution in [3.63, 3.8) is 0 Å². The highest BCUT2D eigenvalue weighted by atomic mass is 16.1. The zero-order valence-electron chi connectivity index (χ0n) is 9.87. The molecule has 0 aromatic carbocycles. The predicted octanol–water partition coefficient (Wildman–Crippen LogP) is 1.15. The summed E-state index contributed by atoms with van der Waals surface area (Å²) in [7, 11) is 0. The molecule has 3 heteroatoms. The number of piperidine rings is 1. The van der Waals surface area contributed by atoms with Gasteiger partial charge in [0.15, 0.2) is 0 Å². The van der Waals surface area contributed by atoms with Crippen LogP contribution in [-0.2, 0) is 4.79 Å². The summed E-state index contributed by atoms with van der Waals surface area (Å²) in [6.45, 7) is 3.15. The molecule has 3 nitrogen and oxygen atoms in total. The van der Waals surface area contributed by atoms with Gasteiger partial charge in [-0.2, -0.15) is 0 Å². The number of carbonyl (C=O) groups is 1. The maximum absolute atomic E-state index is 11.9. The number of nitrogens with one attached hydrogen (secondary N) is 2. The summed E-state index contributed by atoms with van der Waals surface area (Å²) in [5, 5.41) is 6.53. The molecule has 2 unspecified atom stereocenters. The molecular weight excluding hydrogens is 200 g/mol. The molecule has 3 rings (SSSR count). The summed E-state index contributed by atoms with van der Waals surface area (Å²) in [5.41, 5.74) is 0. The number of hydrogen-bond acceptors (Lipinski definition) is 2. The molecule has 1 aliphatic heterocycles. The molecule has 0 bridgehead atoms. The minimum absolute atomic E-state index is 0.339. The predicted molar refractivity (Wildman–Crippen MR) is 62.9 cm³/mol. The first kappa shape index (κ1) is 10.6. The van der Waals surface area contributed by atoms with Gasteiger partial charge >= 0.3 is 0 Å². The third-order valence-electron chi connectivity index (χ3n) is 4.64. The summed E-state index contributed by atoms with van der Waals surface area (Å²) >= 11 is 0. The van der Waals surface area contributed by atoms with Crippen LogP contribution in [0, 0.1) is 23.7 Å². The second-order valence-corrected chi connectivity index (χ2v) is 5.86. The Morgan fingerprint density at radius 2 is 1.81 bits per heavy atom. The van der Waals surface area contributed by atoms with E-state index in [4.69, 9.17) is 0 Å². The van der Waals surface area contributed by atoms with Gasteiger partial charge < -0.3 is 10.6 Å². The molecule has 1 amide bonds. The Bertz CT molecular complexity index is 263. The van der Waals surface area contributed by atoms with Gasteiger partial charge in [0.25, 0.3) is 0 Å². The lowest BCUT2D eigenvalue weighted by atomic mass is 9.97. The topological polar surface area (TPSA) is 41.1 Å². The molecule has 90 valence electrons. The average Bonchev–Trinajstić information content (AvgIpc) is 2.94. The normalized spacial score (nSPS) is 38.1. The average molecular weight is 222 g/mol. The van der Waals surface area contributed by atoms with Gasteiger partial charge in [0.1, 0.15) is 0 Å². The van der Waals surface area contributed by atoms with E-state index in [9.17, 15) is 4.79 Å². The van der Waals surface area contributed by atoms with E-state index in [1.165, 1.54) is 32.1 Å². The van der Waals surface area contributed by atoms with Crippen molar-refractivity contribution < 1.29 is 4.79 Å². The smallest absolute Gasteiger partial charge is 0.223 e. The number of amides is 1. The number of fused-ring (bicyclic) bond motifs is 1. The molecule has 0 spiro atoms. The van der Waals surface area contributed by atoms with Crippen molar-refractivity contribution in [3.05, 3.63) is 0 Å². The number of carbonyl (C=O) groups excluding carboxylic acids is 1. The van der Waals surface area contributed by atoms with Crippen LogP contribution < -0.4 is 10.6 Å². The van der Waals surface area contributed by atoms with Crippen molar-refractivity contribution in [1.82, 2.24) is 10.6 Å². The van der Waals surface area contributed by atoms with Crippen molar-refractivity contribution in [1.29, 1.82) is 0 Å². The van der Waals surface area contributed by atoms with Crippen LogP contribution in [0.15, 0.2) is 0 Å². The van der Waals surface area contributed by atoms with Crippen molar-refractivity contribution in [2.75, 3.05) is 19.6 Å². The monoisotopic (exact) mass is 222 g/mol. The first-order chi connectivity index (χ1) is 7.83. The van der Waals surface area contributed by atoms with Crippen LogP contribution in [0.3, 0.4) is 0 Å². The van der Waals surface area contributed by atoms with E-state index in [0.29, 0.717) is 17.7 Å². The third kappa shape index (κ3) is 2.24. The summed E-state index contributed by atoms with van der Waals surface area (Å²) in [5.74, 6) is 3.22.